The average molecular weight is 500 g/mol. The van der Waals surface area contributed by atoms with Gasteiger partial charge < -0.3 is 15.4 Å². The Bertz CT molecular complexity index is 1200. The predicted molar refractivity (Wildman–Crippen MR) is 132 cm³/mol. The molecule has 4 rings (SSSR count). The van der Waals surface area contributed by atoms with Gasteiger partial charge in [-0.2, -0.15) is 0 Å². The van der Waals surface area contributed by atoms with Crippen molar-refractivity contribution in [2.45, 2.75) is 44.2 Å². The lowest BCUT2D eigenvalue weighted by Crippen LogP contribution is -2.22. The van der Waals surface area contributed by atoms with Crippen molar-refractivity contribution < 1.29 is 19.5 Å². The van der Waals surface area contributed by atoms with E-state index in [0.717, 1.165) is 36.1 Å². The maximum atomic E-state index is 13.0. The summed E-state index contributed by atoms with van der Waals surface area (Å²) in [7, 11) is 0. The molecule has 11 heteroatoms. The first-order chi connectivity index (χ1) is 16.4. The Hall–Kier alpha value is -3.18. The quantitative estimate of drug-likeness (QED) is 0.234. The Morgan fingerprint density at radius 2 is 1.97 bits per heavy atom. The van der Waals surface area contributed by atoms with Crippen LogP contribution in [0.2, 0.25) is 0 Å². The fourth-order valence-corrected chi connectivity index (χ4v) is 5.60. The third-order valence-corrected chi connectivity index (χ3v) is 7.42. The molecule has 178 valence electrons. The molecular weight excluding hydrogens is 474 g/mol. The summed E-state index contributed by atoms with van der Waals surface area (Å²) < 4.78 is 0. The number of aryl methyl sites for hydroxylation is 2. The van der Waals surface area contributed by atoms with Gasteiger partial charge >= 0.3 is 12.0 Å². The molecule has 3 aromatic rings. The first-order valence-corrected chi connectivity index (χ1v) is 12.8. The number of Topliss-reactive ketones (excluding diaryl/α,β-unsaturated/α-hetero) is 1. The van der Waals surface area contributed by atoms with Crippen molar-refractivity contribution in [1.29, 1.82) is 0 Å². The largest absolute Gasteiger partial charge is 0.477 e. The highest BCUT2D eigenvalue weighted by Gasteiger charge is 2.26. The number of imidazole rings is 1. The number of rotatable bonds is 9. The Morgan fingerprint density at radius 1 is 1.18 bits per heavy atom. The van der Waals surface area contributed by atoms with E-state index in [9.17, 15) is 14.4 Å². The molecule has 0 bridgehead atoms. The first-order valence-electron chi connectivity index (χ1n) is 11.0. The zero-order chi connectivity index (χ0) is 24.1. The number of anilines is 2. The summed E-state index contributed by atoms with van der Waals surface area (Å²) in [6.07, 6.45) is 7.62. The molecule has 0 aliphatic heterocycles. The number of carbonyl (C=O) groups is 3. The second kappa shape index (κ2) is 10.8. The normalized spacial score (nSPS) is 13.7. The number of aromatic carboxylic acids is 1. The number of thioether (sulfide) groups is 1. The molecule has 1 aromatic carbocycles. The fraction of sp³-hybridized carbons (Fsp3) is 0.348. The van der Waals surface area contributed by atoms with Crippen molar-refractivity contribution >= 4 is 51.7 Å². The molecule has 2 aromatic heterocycles. The van der Waals surface area contributed by atoms with E-state index in [4.69, 9.17) is 5.11 Å². The number of nitrogens with one attached hydrogen (secondary N) is 3. The fourth-order valence-electron chi connectivity index (χ4n) is 3.84. The van der Waals surface area contributed by atoms with Crippen LogP contribution in [0.25, 0.3) is 0 Å². The molecular formula is C23H25N5O4S2. The number of nitrogens with zero attached hydrogens (tertiary/aromatic N) is 2. The summed E-state index contributed by atoms with van der Waals surface area (Å²) in [6.45, 7) is 1.93. The van der Waals surface area contributed by atoms with Gasteiger partial charge in [0.25, 0.3) is 0 Å². The Morgan fingerprint density at radius 3 is 2.71 bits per heavy atom. The van der Waals surface area contributed by atoms with Crippen LogP contribution in [0, 0.1) is 12.8 Å². The molecule has 2 amide bonds. The maximum Gasteiger partial charge on any atom is 0.353 e. The lowest BCUT2D eigenvalue weighted by atomic mass is 9.94. The minimum absolute atomic E-state index is 0.0293. The van der Waals surface area contributed by atoms with E-state index in [0.29, 0.717) is 33.7 Å². The van der Waals surface area contributed by atoms with Crippen LogP contribution in [0.5, 0.6) is 0 Å². The monoisotopic (exact) mass is 499 g/mol. The van der Waals surface area contributed by atoms with Gasteiger partial charge in [0.1, 0.15) is 5.69 Å². The van der Waals surface area contributed by atoms with Gasteiger partial charge in [-0.25, -0.2) is 19.6 Å². The number of aromatic amines is 1. The molecule has 1 aliphatic rings. The lowest BCUT2D eigenvalue weighted by Gasteiger charge is -2.14. The van der Waals surface area contributed by atoms with Crippen LogP contribution in [0.1, 0.15) is 57.0 Å². The number of carboxylic acids is 1. The highest BCUT2D eigenvalue weighted by atomic mass is 32.2. The van der Waals surface area contributed by atoms with Crippen molar-refractivity contribution in [1.82, 2.24) is 15.0 Å². The molecule has 0 saturated heterocycles. The number of thiazole rings is 1. The molecule has 0 atom stereocenters. The SMILES string of the molecule is Cc1ccc(NC(=O)Nc2ncc(CCSc3ncc(C(=O)O)[nH]3)s2)c(C(=O)C2CCCC2)c1. The Kier molecular flexibility index (Phi) is 7.63. The highest BCUT2D eigenvalue weighted by Crippen LogP contribution is 2.31. The van der Waals surface area contributed by atoms with Crippen molar-refractivity contribution in [2.24, 2.45) is 5.92 Å². The van der Waals surface area contributed by atoms with Crippen LogP contribution in [0.15, 0.2) is 35.7 Å². The molecule has 0 radical (unpaired) electrons. The summed E-state index contributed by atoms with van der Waals surface area (Å²) in [4.78, 5) is 48.5. The zero-order valence-corrected chi connectivity index (χ0v) is 20.2. The van der Waals surface area contributed by atoms with Gasteiger partial charge in [0, 0.05) is 28.3 Å². The number of aromatic nitrogens is 3. The van der Waals surface area contributed by atoms with Gasteiger partial charge in [-0.3, -0.25) is 10.1 Å². The first kappa shape index (κ1) is 24.0. The molecule has 4 N–H and O–H groups in total. The number of ketones is 1. The van der Waals surface area contributed by atoms with Crippen LogP contribution in [0.3, 0.4) is 0 Å². The molecule has 34 heavy (non-hydrogen) atoms. The van der Waals surface area contributed by atoms with Crippen molar-refractivity contribution in [3.05, 3.63) is 52.3 Å². The smallest absolute Gasteiger partial charge is 0.353 e. The molecule has 1 aliphatic carbocycles. The van der Waals surface area contributed by atoms with Crippen LogP contribution in [-0.2, 0) is 6.42 Å². The molecule has 2 heterocycles. The number of carboxylic acid groups (broad SMARTS) is 1. The minimum Gasteiger partial charge on any atom is -0.477 e. The van der Waals surface area contributed by atoms with Gasteiger partial charge in [0.15, 0.2) is 16.1 Å². The molecule has 1 saturated carbocycles. The van der Waals surface area contributed by atoms with Crippen LogP contribution >= 0.6 is 23.1 Å². The minimum atomic E-state index is -1.04. The van der Waals surface area contributed by atoms with E-state index in [1.165, 1.54) is 29.3 Å². The van der Waals surface area contributed by atoms with Crippen molar-refractivity contribution in [3.63, 3.8) is 0 Å². The van der Waals surface area contributed by atoms with Crippen LogP contribution in [-0.4, -0.2) is 43.6 Å². The number of benzene rings is 1. The maximum absolute atomic E-state index is 13.0. The standard InChI is InChI=1S/C23H25N5O4S2/c1-13-6-7-17(16(10-13)19(29)14-4-2-3-5-14)26-21(32)28-23-24-11-15(34-23)8-9-33-22-25-12-18(27-22)20(30)31/h6-7,10-12,14H,2-5,8-9H2,1H3,(H,25,27)(H,30,31)(H2,24,26,28,32). The van der Waals surface area contributed by atoms with E-state index in [1.807, 2.05) is 19.1 Å². The average Bonchev–Trinajstić information content (AvgIpc) is 3.57. The third kappa shape index (κ3) is 6.03. The number of hydrogen-bond donors (Lipinski definition) is 4. The number of hydrogen-bond acceptors (Lipinski definition) is 7. The van der Waals surface area contributed by atoms with Gasteiger partial charge in [-0.1, -0.05) is 36.2 Å². The van der Waals surface area contributed by atoms with E-state index in [-0.39, 0.29) is 17.4 Å². The summed E-state index contributed by atoms with van der Waals surface area (Å²) in [5, 5.41) is 15.5. The third-order valence-electron chi connectivity index (χ3n) is 5.56. The Balaban J connectivity index is 1.31. The summed E-state index contributed by atoms with van der Waals surface area (Å²) >= 11 is 2.77. The molecule has 0 spiro atoms. The van der Waals surface area contributed by atoms with Gasteiger partial charge in [0.05, 0.1) is 11.9 Å². The number of urea groups is 1. The lowest BCUT2D eigenvalue weighted by molar-refractivity contribution is 0.0690. The number of H-pyrrole nitrogens is 1. The van der Waals surface area contributed by atoms with Crippen molar-refractivity contribution in [2.75, 3.05) is 16.4 Å². The van der Waals surface area contributed by atoms with Crippen LogP contribution in [0.4, 0.5) is 15.6 Å². The Labute approximate surface area is 204 Å². The predicted octanol–water partition coefficient (Wildman–Crippen LogP) is 5.22. The summed E-state index contributed by atoms with van der Waals surface area (Å²) in [6, 6.07) is 5.04. The van der Waals surface area contributed by atoms with E-state index in [2.05, 4.69) is 25.6 Å². The van der Waals surface area contributed by atoms with Crippen LogP contribution < -0.4 is 10.6 Å². The highest BCUT2D eigenvalue weighted by molar-refractivity contribution is 7.99. The zero-order valence-electron chi connectivity index (χ0n) is 18.6. The van der Waals surface area contributed by atoms with Gasteiger partial charge in [0.2, 0.25) is 0 Å². The second-order valence-corrected chi connectivity index (χ2v) is 10.3. The molecule has 1 fully saturated rings. The molecule has 9 nitrogen and oxygen atoms in total. The van der Waals surface area contributed by atoms with Gasteiger partial charge in [-0.15, -0.1) is 11.3 Å². The summed E-state index contributed by atoms with van der Waals surface area (Å²) in [5.41, 5.74) is 2.10. The summed E-state index contributed by atoms with van der Waals surface area (Å²) in [5.74, 6) is -0.244. The molecule has 0 unspecified atom stereocenters. The number of amides is 2. The van der Waals surface area contributed by atoms with E-state index >= 15 is 0 Å². The second-order valence-electron chi connectivity index (χ2n) is 8.11. The number of carbonyl (C=O) groups excluding carboxylic acids is 2. The van der Waals surface area contributed by atoms with Gasteiger partial charge in [-0.05, 0) is 38.3 Å². The van der Waals surface area contributed by atoms with E-state index < -0.39 is 12.0 Å². The topological polar surface area (TPSA) is 137 Å². The van der Waals surface area contributed by atoms with Crippen molar-refractivity contribution in [3.8, 4) is 0 Å². The van der Waals surface area contributed by atoms with E-state index in [1.54, 1.807) is 12.3 Å².